The number of ether oxygens (including phenoxy) is 2. The topological polar surface area (TPSA) is 97.3 Å². The molecule has 3 heterocycles. The number of H-pyrrole nitrogens is 1. The maximum absolute atomic E-state index is 11.9. The van der Waals surface area contributed by atoms with E-state index in [9.17, 15) is 9.90 Å². The Bertz CT molecular complexity index is 1190. The van der Waals surface area contributed by atoms with Crippen LogP contribution in [0.15, 0.2) is 60.9 Å². The van der Waals surface area contributed by atoms with Gasteiger partial charge in [0.1, 0.15) is 17.5 Å². The Morgan fingerprint density at radius 1 is 1.20 bits per heavy atom. The minimum absolute atomic E-state index is 0.135. The van der Waals surface area contributed by atoms with Gasteiger partial charge in [-0.15, -0.1) is 0 Å². The molecule has 0 radical (unpaired) electrons. The molecule has 30 heavy (non-hydrogen) atoms. The molecule has 1 unspecified atom stereocenters. The third-order valence-corrected chi connectivity index (χ3v) is 4.79. The van der Waals surface area contributed by atoms with E-state index in [4.69, 9.17) is 9.47 Å². The molecule has 0 amide bonds. The van der Waals surface area contributed by atoms with E-state index in [1.807, 2.05) is 37.3 Å². The molecule has 7 nitrogen and oxygen atoms in total. The van der Waals surface area contributed by atoms with E-state index in [1.165, 1.54) is 7.11 Å². The van der Waals surface area contributed by atoms with Gasteiger partial charge in [0, 0.05) is 40.5 Å². The lowest BCUT2D eigenvalue weighted by Gasteiger charge is -2.13. The number of hydrogen-bond acceptors (Lipinski definition) is 6. The first-order valence-electron chi connectivity index (χ1n) is 9.54. The molecule has 4 aromatic rings. The smallest absolute Gasteiger partial charge is 0.356 e. The van der Waals surface area contributed by atoms with Crippen LogP contribution in [0.1, 0.15) is 34.8 Å². The number of carbonyl (C=O) groups excluding carboxylic acids is 1. The number of carbonyl (C=O) groups is 1. The summed E-state index contributed by atoms with van der Waals surface area (Å²) < 4.78 is 10.4. The number of pyridine rings is 2. The summed E-state index contributed by atoms with van der Waals surface area (Å²) in [5, 5.41) is 12.1. The van der Waals surface area contributed by atoms with E-state index in [-0.39, 0.29) is 5.69 Å². The summed E-state index contributed by atoms with van der Waals surface area (Å²) in [5.74, 6) is 0.174. The van der Waals surface area contributed by atoms with E-state index in [2.05, 4.69) is 15.0 Å². The van der Waals surface area contributed by atoms with Crippen molar-refractivity contribution < 1.29 is 19.4 Å². The molecule has 1 atom stereocenters. The Hall–Kier alpha value is -3.71. The highest BCUT2D eigenvalue weighted by molar-refractivity contribution is 5.92. The van der Waals surface area contributed by atoms with Crippen molar-refractivity contribution in [1.29, 1.82) is 0 Å². The second kappa shape index (κ2) is 8.34. The van der Waals surface area contributed by atoms with Crippen LogP contribution in [0.3, 0.4) is 0 Å². The molecule has 7 heteroatoms. The van der Waals surface area contributed by atoms with Crippen LogP contribution < -0.4 is 4.74 Å². The molecule has 0 aliphatic carbocycles. The minimum Gasteiger partial charge on any atom is -0.494 e. The van der Waals surface area contributed by atoms with Crippen molar-refractivity contribution in [2.45, 2.75) is 13.0 Å². The Morgan fingerprint density at radius 3 is 2.80 bits per heavy atom. The van der Waals surface area contributed by atoms with Crippen molar-refractivity contribution in [1.82, 2.24) is 15.0 Å². The van der Waals surface area contributed by atoms with Crippen LogP contribution in [-0.4, -0.2) is 39.7 Å². The Morgan fingerprint density at radius 2 is 2.07 bits per heavy atom. The minimum atomic E-state index is -1.07. The largest absolute Gasteiger partial charge is 0.494 e. The monoisotopic (exact) mass is 403 g/mol. The number of esters is 1. The van der Waals surface area contributed by atoms with Crippen LogP contribution in [0.25, 0.3) is 22.2 Å². The lowest BCUT2D eigenvalue weighted by atomic mass is 9.99. The fraction of sp³-hybridized carbons (Fsp3) is 0.174. The Kier molecular flexibility index (Phi) is 5.45. The number of fused-ring (bicyclic) bond motifs is 1. The van der Waals surface area contributed by atoms with E-state index in [1.54, 1.807) is 30.6 Å². The summed E-state index contributed by atoms with van der Waals surface area (Å²) in [6.07, 6.45) is 2.34. The van der Waals surface area contributed by atoms with Crippen LogP contribution in [-0.2, 0) is 4.74 Å². The zero-order valence-electron chi connectivity index (χ0n) is 16.6. The van der Waals surface area contributed by atoms with Crippen molar-refractivity contribution in [3.05, 3.63) is 77.9 Å². The summed E-state index contributed by atoms with van der Waals surface area (Å²) in [5.41, 5.74) is 3.50. The Balaban J connectivity index is 1.89. The number of hydrogen-bond donors (Lipinski definition) is 2. The first-order chi connectivity index (χ1) is 14.6. The van der Waals surface area contributed by atoms with Gasteiger partial charge in [-0.3, -0.25) is 4.98 Å². The fourth-order valence-corrected chi connectivity index (χ4v) is 3.45. The summed E-state index contributed by atoms with van der Waals surface area (Å²) >= 11 is 0. The number of aromatic amines is 1. The first kappa shape index (κ1) is 19.6. The number of nitrogens with zero attached hydrogens (tertiary/aromatic N) is 2. The molecular weight excluding hydrogens is 382 g/mol. The zero-order valence-corrected chi connectivity index (χ0v) is 16.6. The molecule has 0 spiro atoms. The van der Waals surface area contributed by atoms with Gasteiger partial charge in [0.15, 0.2) is 0 Å². The molecule has 0 aliphatic rings. The van der Waals surface area contributed by atoms with Gasteiger partial charge in [0.25, 0.3) is 0 Å². The van der Waals surface area contributed by atoms with E-state index in [0.29, 0.717) is 17.9 Å². The van der Waals surface area contributed by atoms with Gasteiger partial charge in [0.05, 0.1) is 25.1 Å². The second-order valence-corrected chi connectivity index (χ2v) is 6.64. The lowest BCUT2D eigenvalue weighted by Crippen LogP contribution is -2.09. The third-order valence-electron chi connectivity index (χ3n) is 4.79. The van der Waals surface area contributed by atoms with Crippen LogP contribution in [0.2, 0.25) is 0 Å². The van der Waals surface area contributed by atoms with Crippen molar-refractivity contribution >= 4 is 16.9 Å². The molecule has 1 aromatic carbocycles. The Labute approximate surface area is 173 Å². The predicted octanol–water partition coefficient (Wildman–Crippen LogP) is 3.89. The van der Waals surface area contributed by atoms with E-state index >= 15 is 0 Å². The van der Waals surface area contributed by atoms with Crippen molar-refractivity contribution in [2.24, 2.45) is 0 Å². The summed E-state index contributed by atoms with van der Waals surface area (Å²) in [7, 11) is 1.29. The highest BCUT2D eigenvalue weighted by Gasteiger charge is 2.24. The average Bonchev–Trinajstić information content (AvgIpc) is 3.17. The van der Waals surface area contributed by atoms with Crippen LogP contribution in [0, 0.1) is 0 Å². The van der Waals surface area contributed by atoms with Gasteiger partial charge in [-0.25, -0.2) is 9.78 Å². The standard InChI is InChI=1S/C23H21N3O4/c1-3-30-15-9-10-16-19(12-15)26-21(14-6-5-11-24-13-14)20(16)22(27)17-7-4-8-18(25-17)23(28)29-2/h4-13,22,26-27H,3H2,1-2H3. The summed E-state index contributed by atoms with van der Waals surface area (Å²) in [6.45, 7) is 2.48. The summed E-state index contributed by atoms with van der Waals surface area (Å²) in [4.78, 5) is 23.8. The molecule has 0 fully saturated rings. The van der Waals surface area contributed by atoms with E-state index in [0.717, 1.165) is 27.9 Å². The molecule has 152 valence electrons. The van der Waals surface area contributed by atoms with Gasteiger partial charge < -0.3 is 19.6 Å². The van der Waals surface area contributed by atoms with Crippen LogP contribution >= 0.6 is 0 Å². The SMILES string of the molecule is CCOc1ccc2c(C(O)c3cccc(C(=O)OC)n3)c(-c3cccnc3)[nH]c2c1. The van der Waals surface area contributed by atoms with Gasteiger partial charge >= 0.3 is 5.97 Å². The normalized spacial score (nSPS) is 12.0. The number of benzene rings is 1. The van der Waals surface area contributed by atoms with Crippen molar-refractivity contribution in [3.63, 3.8) is 0 Å². The molecule has 0 bridgehead atoms. The predicted molar refractivity (Wildman–Crippen MR) is 112 cm³/mol. The van der Waals surface area contributed by atoms with Gasteiger partial charge in [0.2, 0.25) is 0 Å². The molecule has 0 aliphatic heterocycles. The highest BCUT2D eigenvalue weighted by Crippen LogP contribution is 2.38. The van der Waals surface area contributed by atoms with Crippen molar-refractivity contribution in [2.75, 3.05) is 13.7 Å². The number of methoxy groups -OCH3 is 1. The quantitative estimate of drug-likeness (QED) is 0.474. The molecular formula is C23H21N3O4. The maximum Gasteiger partial charge on any atom is 0.356 e. The number of nitrogens with one attached hydrogen (secondary N) is 1. The van der Waals surface area contributed by atoms with Gasteiger partial charge in [-0.2, -0.15) is 0 Å². The molecule has 0 saturated heterocycles. The van der Waals surface area contributed by atoms with E-state index < -0.39 is 12.1 Å². The lowest BCUT2D eigenvalue weighted by molar-refractivity contribution is 0.0593. The number of rotatable bonds is 6. The highest BCUT2D eigenvalue weighted by atomic mass is 16.5. The van der Waals surface area contributed by atoms with Crippen LogP contribution in [0.5, 0.6) is 5.75 Å². The first-order valence-corrected chi connectivity index (χ1v) is 9.54. The maximum atomic E-state index is 11.9. The fourth-order valence-electron chi connectivity index (χ4n) is 3.45. The van der Waals surface area contributed by atoms with Gasteiger partial charge in [-0.05, 0) is 43.3 Å². The van der Waals surface area contributed by atoms with Gasteiger partial charge in [-0.1, -0.05) is 6.07 Å². The molecule has 4 rings (SSSR count). The zero-order chi connectivity index (χ0) is 21.1. The molecule has 0 saturated carbocycles. The average molecular weight is 403 g/mol. The summed E-state index contributed by atoms with van der Waals surface area (Å²) in [6, 6.07) is 14.3. The van der Waals surface area contributed by atoms with Crippen LogP contribution in [0.4, 0.5) is 0 Å². The number of aromatic nitrogens is 3. The van der Waals surface area contributed by atoms with Crippen molar-refractivity contribution in [3.8, 4) is 17.0 Å². The molecule has 3 aromatic heterocycles. The third kappa shape index (κ3) is 3.62. The second-order valence-electron chi connectivity index (χ2n) is 6.64. The number of aliphatic hydroxyl groups excluding tert-OH is 1. The number of aliphatic hydroxyl groups is 1. The molecule has 2 N–H and O–H groups in total.